The average Bonchev–Trinajstić information content (AvgIpc) is 3.61. The summed E-state index contributed by atoms with van der Waals surface area (Å²) in [7, 11) is 0. The molecule has 1 aliphatic rings. The smallest absolute Gasteiger partial charge is 0.338 e. The van der Waals surface area contributed by atoms with Gasteiger partial charge in [-0.2, -0.15) is 4.68 Å². The molecule has 1 N–H and O–H groups in total. The Labute approximate surface area is 220 Å². The summed E-state index contributed by atoms with van der Waals surface area (Å²) in [6, 6.07) is 23.5. The average molecular weight is 528 g/mol. The van der Waals surface area contributed by atoms with Crippen molar-refractivity contribution >= 4 is 45.8 Å². The third kappa shape index (κ3) is 4.47. The molecule has 3 heterocycles. The fraction of sp³-hybridized carbons (Fsp3) is 0.154. The first-order chi connectivity index (χ1) is 18.2. The molecule has 0 spiro atoms. The second-order valence-electron chi connectivity index (χ2n) is 8.18. The maximum absolute atomic E-state index is 13.4. The largest absolute Gasteiger partial charge is 0.463 e. The highest BCUT2D eigenvalue weighted by Gasteiger charge is 2.37. The summed E-state index contributed by atoms with van der Waals surface area (Å²) in [5, 5.41) is 27.2. The van der Waals surface area contributed by atoms with Crippen LogP contribution in [-0.4, -0.2) is 48.7 Å². The number of anilines is 1. The zero-order chi connectivity index (χ0) is 25.2. The Hall–Kier alpha value is -4.09. The van der Waals surface area contributed by atoms with Crippen molar-refractivity contribution in [2.45, 2.75) is 17.3 Å². The molecule has 0 radical (unpaired) electrons. The van der Waals surface area contributed by atoms with Crippen LogP contribution >= 0.6 is 23.1 Å². The van der Waals surface area contributed by atoms with Gasteiger partial charge in [0.1, 0.15) is 11.0 Å². The fourth-order valence-corrected chi connectivity index (χ4v) is 6.20. The molecule has 3 aromatic carbocycles. The number of benzene rings is 3. The van der Waals surface area contributed by atoms with E-state index in [4.69, 9.17) is 4.74 Å². The third-order valence-electron chi connectivity index (χ3n) is 5.98. The molecule has 0 saturated heterocycles. The van der Waals surface area contributed by atoms with E-state index in [-0.39, 0.29) is 6.61 Å². The van der Waals surface area contributed by atoms with Crippen LogP contribution < -0.4 is 5.32 Å². The first kappa shape index (κ1) is 23.3. The Bertz CT molecular complexity index is 1610. The second kappa shape index (κ2) is 10.1. The summed E-state index contributed by atoms with van der Waals surface area (Å²) in [6.45, 7) is 2.05. The van der Waals surface area contributed by atoms with E-state index in [0.717, 1.165) is 31.2 Å². The van der Waals surface area contributed by atoms with Crippen LogP contribution in [0.25, 0.3) is 21.3 Å². The third-order valence-corrected chi connectivity index (χ3v) is 8.11. The number of hydrogen-bond donors (Lipinski definition) is 1. The minimum atomic E-state index is -0.554. The molecule has 6 rings (SSSR count). The molecule has 2 aromatic heterocycles. The summed E-state index contributed by atoms with van der Waals surface area (Å²) >= 11 is 3.01. The minimum Gasteiger partial charge on any atom is -0.463 e. The van der Waals surface area contributed by atoms with E-state index in [9.17, 15) is 4.79 Å². The first-order valence-electron chi connectivity index (χ1n) is 11.7. The van der Waals surface area contributed by atoms with Crippen LogP contribution in [0.4, 0.5) is 5.95 Å². The van der Waals surface area contributed by atoms with Gasteiger partial charge in [0.15, 0.2) is 4.34 Å². The molecule has 37 heavy (non-hydrogen) atoms. The molecule has 1 unspecified atom stereocenters. The molecule has 0 amide bonds. The van der Waals surface area contributed by atoms with E-state index in [1.807, 2.05) is 72.8 Å². The van der Waals surface area contributed by atoms with E-state index < -0.39 is 12.0 Å². The number of rotatable bonds is 7. The number of nitrogens with one attached hydrogen (secondary N) is 1. The van der Waals surface area contributed by atoms with Crippen LogP contribution in [0, 0.1) is 0 Å². The van der Waals surface area contributed by atoms with Gasteiger partial charge >= 0.3 is 5.97 Å². The Balaban J connectivity index is 1.41. The van der Waals surface area contributed by atoms with E-state index in [1.54, 1.807) is 11.6 Å². The predicted molar refractivity (Wildman–Crippen MR) is 143 cm³/mol. The van der Waals surface area contributed by atoms with Crippen molar-refractivity contribution in [3.63, 3.8) is 0 Å². The number of thioether (sulfide) groups is 1. The molecule has 0 aliphatic carbocycles. The maximum Gasteiger partial charge on any atom is 0.338 e. The van der Waals surface area contributed by atoms with Crippen molar-refractivity contribution in [3.8, 4) is 10.6 Å². The first-order valence-corrected chi connectivity index (χ1v) is 13.5. The molecular weight excluding hydrogens is 506 g/mol. The van der Waals surface area contributed by atoms with Gasteiger partial charge in [0, 0.05) is 17.0 Å². The lowest BCUT2D eigenvalue weighted by Crippen LogP contribution is -2.31. The molecule has 0 bridgehead atoms. The lowest BCUT2D eigenvalue weighted by molar-refractivity contribution is -0.139. The van der Waals surface area contributed by atoms with Gasteiger partial charge in [0.25, 0.3) is 0 Å². The van der Waals surface area contributed by atoms with Crippen LogP contribution in [0.15, 0.2) is 88.4 Å². The van der Waals surface area contributed by atoms with Gasteiger partial charge < -0.3 is 10.1 Å². The topological polar surface area (TPSA) is 108 Å². The van der Waals surface area contributed by atoms with Crippen LogP contribution in [0.3, 0.4) is 0 Å². The number of ether oxygens (including phenoxy) is 1. The molecular formula is C26H21N7O2S2. The number of aromatic nitrogens is 6. The van der Waals surface area contributed by atoms with Crippen molar-refractivity contribution in [1.82, 2.24) is 30.4 Å². The van der Waals surface area contributed by atoms with Crippen molar-refractivity contribution in [1.29, 1.82) is 0 Å². The summed E-state index contributed by atoms with van der Waals surface area (Å²) in [5.74, 6) is 0.488. The fourth-order valence-electron chi connectivity index (χ4n) is 4.37. The second-order valence-corrected chi connectivity index (χ2v) is 10.4. The molecule has 9 nitrogen and oxygen atoms in total. The minimum absolute atomic E-state index is 0.254. The predicted octanol–water partition coefficient (Wildman–Crippen LogP) is 4.97. The van der Waals surface area contributed by atoms with Gasteiger partial charge in [-0.1, -0.05) is 101 Å². The van der Waals surface area contributed by atoms with E-state index >= 15 is 0 Å². The lowest BCUT2D eigenvalue weighted by Gasteiger charge is -2.29. The molecule has 0 saturated carbocycles. The van der Waals surface area contributed by atoms with Gasteiger partial charge in [0.2, 0.25) is 5.95 Å². The van der Waals surface area contributed by atoms with Crippen LogP contribution in [-0.2, 0) is 9.53 Å². The Morgan fingerprint density at radius 2 is 1.84 bits per heavy atom. The van der Waals surface area contributed by atoms with Crippen molar-refractivity contribution in [2.24, 2.45) is 0 Å². The number of nitrogens with zero attached hydrogens (tertiary/aromatic N) is 6. The highest BCUT2D eigenvalue weighted by molar-refractivity contribution is 8.01. The summed E-state index contributed by atoms with van der Waals surface area (Å²) in [6.07, 6.45) is 0. The highest BCUT2D eigenvalue weighted by atomic mass is 32.2. The Morgan fingerprint density at radius 1 is 1.03 bits per heavy atom. The summed E-state index contributed by atoms with van der Waals surface area (Å²) < 4.78 is 7.96. The number of carbonyl (C=O) groups is 1. The number of fused-ring (bicyclic) bond motifs is 2. The van der Waals surface area contributed by atoms with Crippen LogP contribution in [0.2, 0.25) is 0 Å². The van der Waals surface area contributed by atoms with Gasteiger partial charge in [-0.05, 0) is 33.7 Å². The number of tetrazole rings is 1. The molecule has 184 valence electrons. The Kier molecular flexibility index (Phi) is 6.37. The zero-order valence-electron chi connectivity index (χ0n) is 19.7. The lowest BCUT2D eigenvalue weighted by atomic mass is 9.91. The van der Waals surface area contributed by atoms with E-state index in [1.165, 1.54) is 23.1 Å². The normalized spacial score (nSPS) is 14.9. The monoisotopic (exact) mass is 527 g/mol. The van der Waals surface area contributed by atoms with Gasteiger partial charge in [-0.25, -0.2) is 4.79 Å². The van der Waals surface area contributed by atoms with Crippen molar-refractivity contribution in [2.75, 3.05) is 17.7 Å². The van der Waals surface area contributed by atoms with Gasteiger partial charge in [-0.15, -0.1) is 10.2 Å². The van der Waals surface area contributed by atoms with Crippen LogP contribution in [0.5, 0.6) is 0 Å². The van der Waals surface area contributed by atoms with Crippen molar-refractivity contribution < 1.29 is 9.53 Å². The Morgan fingerprint density at radius 3 is 2.70 bits per heavy atom. The summed E-state index contributed by atoms with van der Waals surface area (Å²) in [4.78, 5) is 13.4. The van der Waals surface area contributed by atoms with Crippen molar-refractivity contribution in [3.05, 3.63) is 89.6 Å². The zero-order valence-corrected chi connectivity index (χ0v) is 21.4. The SMILES string of the molecule is CCOC(=O)C1=C(CSc2nnc(-c3ccccc3)s2)Nc2nnnn2C1c1cccc2ccccc12. The molecule has 1 aliphatic heterocycles. The maximum atomic E-state index is 13.4. The molecule has 0 fully saturated rings. The number of esters is 1. The van der Waals surface area contributed by atoms with Gasteiger partial charge in [-0.3, -0.25) is 0 Å². The van der Waals surface area contributed by atoms with E-state index in [2.05, 4.69) is 31.0 Å². The molecule has 11 heteroatoms. The van der Waals surface area contributed by atoms with Crippen LogP contribution in [0.1, 0.15) is 18.5 Å². The standard InChI is InChI=1S/C26H21N7O2S2/c1-2-35-24(34)21-20(15-36-26-30-28-23(37-26)17-10-4-3-5-11-17)27-25-29-31-32-33(25)22(21)19-14-8-12-16-9-6-7-13-18(16)19/h3-14,22H,2,15H2,1H3,(H,27,29,32). The molecule has 5 aromatic rings. The number of carbonyl (C=O) groups excluding carboxylic acids is 1. The molecule has 1 atom stereocenters. The highest BCUT2D eigenvalue weighted by Crippen LogP contribution is 2.40. The summed E-state index contributed by atoms with van der Waals surface area (Å²) in [5.41, 5.74) is 3.09. The number of hydrogen-bond acceptors (Lipinski definition) is 10. The van der Waals surface area contributed by atoms with E-state index in [0.29, 0.717) is 23.0 Å². The quantitative estimate of drug-likeness (QED) is 0.232. The van der Waals surface area contributed by atoms with Gasteiger partial charge in [0.05, 0.1) is 12.2 Å².